The van der Waals surface area contributed by atoms with Crippen molar-refractivity contribution in [1.82, 2.24) is 15.1 Å². The van der Waals surface area contributed by atoms with E-state index in [1.807, 2.05) is 0 Å². The number of hydrogen-bond donors (Lipinski definition) is 0. The van der Waals surface area contributed by atoms with Crippen LogP contribution in [0.1, 0.15) is 5.56 Å². The zero-order valence-corrected chi connectivity index (χ0v) is 8.25. The van der Waals surface area contributed by atoms with Crippen LogP contribution in [0.2, 0.25) is 5.28 Å². The van der Waals surface area contributed by atoms with Crippen molar-refractivity contribution in [3.05, 3.63) is 29.2 Å². The van der Waals surface area contributed by atoms with Crippen LogP contribution in [0.3, 0.4) is 0 Å². The first-order valence-corrected chi connectivity index (χ1v) is 4.37. The zero-order chi connectivity index (χ0) is 11.8. The highest BCUT2D eigenvalue weighted by Crippen LogP contribution is 2.29. The Morgan fingerprint density at radius 2 is 2.00 bits per heavy atom. The molecule has 2 rings (SSSR count). The molecule has 0 saturated heterocycles. The number of hydrogen-bond acceptors (Lipinski definition) is 4. The van der Waals surface area contributed by atoms with Crippen molar-refractivity contribution < 1.29 is 17.7 Å². The molecule has 0 spiro atoms. The van der Waals surface area contributed by atoms with Gasteiger partial charge in [-0.25, -0.2) is 0 Å². The van der Waals surface area contributed by atoms with Gasteiger partial charge in [0.15, 0.2) is 0 Å². The second-order valence-corrected chi connectivity index (χ2v) is 3.14. The average Bonchev–Trinajstić information content (AvgIpc) is 2.64. The molecule has 2 aromatic rings. The maximum absolute atomic E-state index is 12.2. The molecule has 2 heterocycles. The average molecular weight is 250 g/mol. The third kappa shape index (κ3) is 2.13. The van der Waals surface area contributed by atoms with Crippen LogP contribution in [-0.2, 0) is 6.18 Å². The maximum Gasteiger partial charge on any atom is 0.417 e. The molecular weight excluding hydrogens is 247 g/mol. The Bertz CT molecular complexity index is 494. The van der Waals surface area contributed by atoms with E-state index in [1.165, 1.54) is 0 Å². The summed E-state index contributed by atoms with van der Waals surface area (Å²) < 4.78 is 41.3. The summed E-state index contributed by atoms with van der Waals surface area (Å²) in [5.74, 6) is -0.0290. The molecule has 0 aliphatic rings. The van der Waals surface area contributed by atoms with E-state index in [1.54, 1.807) is 0 Å². The monoisotopic (exact) mass is 249 g/mol. The van der Waals surface area contributed by atoms with E-state index >= 15 is 0 Å². The van der Waals surface area contributed by atoms with Gasteiger partial charge in [-0.05, 0) is 28.9 Å². The summed E-state index contributed by atoms with van der Waals surface area (Å²) in [6.07, 6.45) is -3.73. The normalized spacial score (nSPS) is 11.8. The molecule has 0 amide bonds. The van der Waals surface area contributed by atoms with E-state index in [0.29, 0.717) is 6.20 Å². The highest BCUT2D eigenvalue weighted by molar-refractivity contribution is 6.28. The molecule has 2 aromatic heterocycles. The lowest BCUT2D eigenvalue weighted by atomic mass is 10.2. The topological polar surface area (TPSA) is 51.8 Å². The second kappa shape index (κ2) is 3.75. The van der Waals surface area contributed by atoms with E-state index in [9.17, 15) is 13.2 Å². The van der Waals surface area contributed by atoms with E-state index in [2.05, 4.69) is 19.6 Å². The summed E-state index contributed by atoms with van der Waals surface area (Å²) in [5, 5.41) is 3.15. The Hall–Kier alpha value is -1.63. The van der Waals surface area contributed by atoms with E-state index in [-0.39, 0.29) is 16.9 Å². The molecular formula is C8H3ClF3N3O. The molecule has 0 aromatic carbocycles. The van der Waals surface area contributed by atoms with Gasteiger partial charge in [0.2, 0.25) is 0 Å². The SMILES string of the molecule is FC(F)(F)c1ccc(-c2nc(Cl)no2)nc1. The molecule has 0 atom stereocenters. The van der Waals surface area contributed by atoms with Crippen molar-refractivity contribution in [2.75, 3.05) is 0 Å². The van der Waals surface area contributed by atoms with Gasteiger partial charge < -0.3 is 4.52 Å². The minimum Gasteiger partial charge on any atom is -0.331 e. The smallest absolute Gasteiger partial charge is 0.331 e. The second-order valence-electron chi connectivity index (χ2n) is 2.80. The Balaban J connectivity index is 2.33. The summed E-state index contributed by atoms with van der Waals surface area (Å²) in [7, 11) is 0. The first kappa shape index (κ1) is 10.9. The summed E-state index contributed by atoms with van der Waals surface area (Å²) in [6, 6.07) is 2.01. The Kier molecular flexibility index (Phi) is 2.55. The maximum atomic E-state index is 12.2. The van der Waals surface area contributed by atoms with E-state index in [0.717, 1.165) is 12.1 Å². The van der Waals surface area contributed by atoms with Crippen molar-refractivity contribution in [2.24, 2.45) is 0 Å². The quantitative estimate of drug-likeness (QED) is 0.780. The molecule has 16 heavy (non-hydrogen) atoms. The predicted molar refractivity (Wildman–Crippen MR) is 47.5 cm³/mol. The molecule has 0 unspecified atom stereocenters. The number of aromatic nitrogens is 3. The van der Waals surface area contributed by atoms with E-state index in [4.69, 9.17) is 11.6 Å². The van der Waals surface area contributed by atoms with Gasteiger partial charge in [0, 0.05) is 6.20 Å². The third-order valence-corrected chi connectivity index (χ3v) is 1.86. The van der Waals surface area contributed by atoms with Crippen molar-refractivity contribution >= 4 is 11.6 Å². The molecule has 0 fully saturated rings. The number of nitrogens with zero attached hydrogens (tertiary/aromatic N) is 3. The predicted octanol–water partition coefficient (Wildman–Crippen LogP) is 2.80. The first-order chi connectivity index (χ1) is 7.47. The largest absolute Gasteiger partial charge is 0.417 e. The summed E-state index contributed by atoms with van der Waals surface area (Å²) >= 11 is 5.39. The van der Waals surface area contributed by atoms with Crippen LogP contribution in [-0.4, -0.2) is 15.1 Å². The van der Waals surface area contributed by atoms with Crippen LogP contribution in [0.15, 0.2) is 22.9 Å². The van der Waals surface area contributed by atoms with Gasteiger partial charge in [-0.2, -0.15) is 18.2 Å². The standard InChI is InChI=1S/C8H3ClF3N3O/c9-7-14-6(16-15-7)5-2-1-4(3-13-5)8(10,11)12/h1-3H. The molecule has 0 aliphatic heterocycles. The molecule has 8 heteroatoms. The van der Waals surface area contributed by atoms with E-state index < -0.39 is 11.7 Å². The van der Waals surface area contributed by atoms with Gasteiger partial charge in [-0.1, -0.05) is 0 Å². The van der Waals surface area contributed by atoms with Gasteiger partial charge in [-0.15, -0.1) is 0 Å². The molecule has 84 valence electrons. The minimum atomic E-state index is -4.42. The Morgan fingerprint density at radius 1 is 1.25 bits per heavy atom. The fourth-order valence-corrected chi connectivity index (χ4v) is 1.11. The Labute approximate surface area is 92.1 Å². The third-order valence-electron chi connectivity index (χ3n) is 1.71. The minimum absolute atomic E-state index is 0.0290. The summed E-state index contributed by atoms with van der Waals surface area (Å²) in [5.41, 5.74) is -0.714. The van der Waals surface area contributed by atoms with Crippen molar-refractivity contribution in [2.45, 2.75) is 6.18 Å². The number of alkyl halides is 3. The number of halogens is 4. The van der Waals surface area contributed by atoms with Gasteiger partial charge in [0.05, 0.1) is 5.56 Å². The first-order valence-electron chi connectivity index (χ1n) is 3.99. The highest BCUT2D eigenvalue weighted by atomic mass is 35.5. The molecule has 0 N–H and O–H groups in total. The fraction of sp³-hybridized carbons (Fsp3) is 0.125. The van der Waals surface area contributed by atoms with Crippen molar-refractivity contribution in [1.29, 1.82) is 0 Å². The zero-order valence-electron chi connectivity index (χ0n) is 7.49. The van der Waals surface area contributed by atoms with Crippen molar-refractivity contribution in [3.63, 3.8) is 0 Å². The van der Waals surface area contributed by atoms with Crippen LogP contribution in [0.4, 0.5) is 13.2 Å². The molecule has 0 radical (unpaired) electrons. The molecule has 0 saturated carbocycles. The van der Waals surface area contributed by atoms with Gasteiger partial charge in [0.25, 0.3) is 11.2 Å². The van der Waals surface area contributed by atoms with Crippen LogP contribution in [0, 0.1) is 0 Å². The molecule has 0 aliphatic carbocycles. The lowest BCUT2D eigenvalue weighted by Gasteiger charge is -2.04. The summed E-state index contributed by atoms with van der Waals surface area (Å²) in [4.78, 5) is 7.17. The molecule has 4 nitrogen and oxygen atoms in total. The number of pyridine rings is 1. The number of rotatable bonds is 1. The van der Waals surface area contributed by atoms with Crippen LogP contribution in [0.25, 0.3) is 11.6 Å². The Morgan fingerprint density at radius 3 is 2.44 bits per heavy atom. The van der Waals surface area contributed by atoms with Crippen LogP contribution < -0.4 is 0 Å². The van der Waals surface area contributed by atoms with Crippen molar-refractivity contribution in [3.8, 4) is 11.6 Å². The van der Waals surface area contributed by atoms with Gasteiger partial charge in [-0.3, -0.25) is 4.98 Å². The summed E-state index contributed by atoms with van der Waals surface area (Å²) in [6.45, 7) is 0. The van der Waals surface area contributed by atoms with Crippen LogP contribution in [0.5, 0.6) is 0 Å². The highest BCUT2D eigenvalue weighted by Gasteiger charge is 2.30. The van der Waals surface area contributed by atoms with Crippen LogP contribution >= 0.6 is 11.6 Å². The van der Waals surface area contributed by atoms with Gasteiger partial charge in [0.1, 0.15) is 5.69 Å². The lowest BCUT2D eigenvalue weighted by Crippen LogP contribution is -2.05. The van der Waals surface area contributed by atoms with Gasteiger partial charge >= 0.3 is 6.18 Å². The lowest BCUT2D eigenvalue weighted by molar-refractivity contribution is -0.137. The fourth-order valence-electron chi connectivity index (χ4n) is 0.998. The molecule has 0 bridgehead atoms.